The molecule has 38 heavy (non-hydrogen) atoms. The molecule has 1 aromatic heterocycles. The molecule has 1 saturated heterocycles. The number of carbonyl (C=O) groups is 3. The average Bonchev–Trinajstić information content (AvgIpc) is 3.48. The summed E-state index contributed by atoms with van der Waals surface area (Å²) in [5.74, 6) is 0.138. The van der Waals surface area contributed by atoms with Gasteiger partial charge in [-0.3, -0.25) is 9.69 Å². The summed E-state index contributed by atoms with van der Waals surface area (Å²) in [5.41, 5.74) is 3.71. The Hall–Kier alpha value is -4.79. The number of amides is 3. The zero-order valence-electron chi connectivity index (χ0n) is 21.4. The first-order valence-electron chi connectivity index (χ1n) is 11.8. The topological polar surface area (TPSA) is 107 Å². The van der Waals surface area contributed by atoms with Crippen LogP contribution in [0.15, 0.2) is 71.3 Å². The molecule has 1 N–H and O–H groups in total. The number of carbonyl (C=O) groups excluding carboxylic acids is 3. The summed E-state index contributed by atoms with van der Waals surface area (Å²) in [7, 11) is 2.77. The normalized spacial score (nSPS) is 14.0. The van der Waals surface area contributed by atoms with Gasteiger partial charge in [-0.2, -0.15) is 0 Å². The maximum Gasteiger partial charge on any atom is 0.373 e. The van der Waals surface area contributed by atoms with Crippen LogP contribution in [0.4, 0.5) is 4.79 Å². The lowest BCUT2D eigenvalue weighted by atomic mass is 10.0. The van der Waals surface area contributed by atoms with Gasteiger partial charge in [-0.1, -0.05) is 35.9 Å². The first-order valence-corrected chi connectivity index (χ1v) is 11.8. The number of urea groups is 1. The number of hydrogen-bond donors (Lipinski definition) is 1. The number of aryl methyl sites for hydroxylation is 1. The van der Waals surface area contributed by atoms with Crippen LogP contribution in [0.2, 0.25) is 0 Å². The van der Waals surface area contributed by atoms with E-state index in [4.69, 9.17) is 13.9 Å². The van der Waals surface area contributed by atoms with Gasteiger partial charge >= 0.3 is 12.0 Å². The molecule has 1 aliphatic rings. The predicted octanol–water partition coefficient (Wildman–Crippen LogP) is 4.78. The Morgan fingerprint density at radius 3 is 2.66 bits per heavy atom. The summed E-state index contributed by atoms with van der Waals surface area (Å²) in [6, 6.07) is 14.0. The second-order valence-electron chi connectivity index (χ2n) is 8.62. The molecular formula is C29H28N2O7. The molecule has 4 rings (SSSR count). The van der Waals surface area contributed by atoms with E-state index < -0.39 is 17.9 Å². The maximum atomic E-state index is 13.0. The van der Waals surface area contributed by atoms with Crippen molar-refractivity contribution in [3.8, 4) is 11.5 Å². The quantitative estimate of drug-likeness (QED) is 0.179. The van der Waals surface area contributed by atoms with E-state index >= 15 is 0 Å². The molecule has 0 aliphatic carbocycles. The molecule has 0 radical (unpaired) electrons. The van der Waals surface area contributed by atoms with Crippen molar-refractivity contribution in [3.05, 3.63) is 101 Å². The molecule has 2 aromatic carbocycles. The largest absolute Gasteiger partial charge is 0.493 e. The van der Waals surface area contributed by atoms with E-state index in [1.807, 2.05) is 31.2 Å². The molecule has 9 heteroatoms. The number of benzene rings is 2. The third kappa shape index (κ3) is 5.78. The zero-order chi connectivity index (χ0) is 27.2. The molecular weight excluding hydrogens is 488 g/mol. The number of furan rings is 1. The van der Waals surface area contributed by atoms with Crippen molar-refractivity contribution >= 4 is 24.0 Å². The van der Waals surface area contributed by atoms with Gasteiger partial charge in [0.1, 0.15) is 18.1 Å². The molecule has 0 atom stereocenters. The summed E-state index contributed by atoms with van der Waals surface area (Å²) >= 11 is 0. The van der Waals surface area contributed by atoms with Crippen molar-refractivity contribution in [3.63, 3.8) is 0 Å². The van der Waals surface area contributed by atoms with Crippen LogP contribution in [-0.4, -0.2) is 37.0 Å². The van der Waals surface area contributed by atoms with Crippen LogP contribution in [0.25, 0.3) is 6.08 Å². The molecule has 196 valence electrons. The van der Waals surface area contributed by atoms with Crippen molar-refractivity contribution in [2.24, 2.45) is 0 Å². The van der Waals surface area contributed by atoms with Gasteiger partial charge in [-0.15, -0.1) is 6.58 Å². The average molecular weight is 517 g/mol. The van der Waals surface area contributed by atoms with Crippen molar-refractivity contribution in [2.45, 2.75) is 26.5 Å². The number of nitrogens with zero attached hydrogens (tertiary/aromatic N) is 1. The molecule has 9 nitrogen and oxygen atoms in total. The number of hydrogen-bond acceptors (Lipinski definition) is 7. The smallest absolute Gasteiger partial charge is 0.373 e. The highest BCUT2D eigenvalue weighted by Crippen LogP contribution is 2.35. The summed E-state index contributed by atoms with van der Waals surface area (Å²) in [5, 5.41) is 2.59. The minimum atomic E-state index is -0.649. The van der Waals surface area contributed by atoms with E-state index in [2.05, 4.69) is 22.7 Å². The van der Waals surface area contributed by atoms with Gasteiger partial charge in [0.05, 0.1) is 20.8 Å². The number of allylic oxidation sites excluding steroid dienone is 1. The number of ether oxygens (including phenoxy) is 3. The fourth-order valence-electron chi connectivity index (χ4n) is 4.06. The van der Waals surface area contributed by atoms with Gasteiger partial charge in [-0.25, -0.2) is 9.59 Å². The van der Waals surface area contributed by atoms with Crippen LogP contribution in [0.1, 0.15) is 38.6 Å². The predicted molar refractivity (Wildman–Crippen MR) is 140 cm³/mol. The Kier molecular flexibility index (Phi) is 7.96. The number of nitrogens with one attached hydrogen (secondary N) is 1. The maximum absolute atomic E-state index is 13.0. The SMILES string of the molecule is C=CCc1cc(/C=C2\NC(=O)N(Cc3ccc(C(=O)OC)o3)C2=O)cc(OC)c1OCc1cccc(C)c1. The summed E-state index contributed by atoms with van der Waals surface area (Å²) in [6.45, 7) is 6.07. The molecule has 0 bridgehead atoms. The Morgan fingerprint density at radius 2 is 1.95 bits per heavy atom. The van der Waals surface area contributed by atoms with Crippen LogP contribution in [-0.2, 0) is 29.1 Å². The van der Waals surface area contributed by atoms with Crippen LogP contribution in [0, 0.1) is 6.92 Å². The molecule has 0 unspecified atom stereocenters. The highest BCUT2D eigenvalue weighted by atomic mass is 16.5. The van der Waals surface area contributed by atoms with Crippen LogP contribution >= 0.6 is 0 Å². The van der Waals surface area contributed by atoms with E-state index in [1.165, 1.54) is 19.2 Å². The summed E-state index contributed by atoms with van der Waals surface area (Å²) < 4.78 is 21.8. The first-order chi connectivity index (χ1) is 18.3. The van der Waals surface area contributed by atoms with Gasteiger partial charge in [0.2, 0.25) is 5.76 Å². The van der Waals surface area contributed by atoms with Crippen molar-refractivity contribution < 1.29 is 33.0 Å². The third-order valence-electron chi connectivity index (χ3n) is 5.84. The molecule has 0 saturated carbocycles. The molecule has 1 fully saturated rings. The van der Waals surface area contributed by atoms with Crippen LogP contribution in [0.3, 0.4) is 0 Å². The van der Waals surface area contributed by atoms with E-state index in [1.54, 1.807) is 25.3 Å². The number of esters is 1. The van der Waals surface area contributed by atoms with E-state index in [-0.39, 0.29) is 23.8 Å². The van der Waals surface area contributed by atoms with E-state index in [0.29, 0.717) is 30.1 Å². The number of methoxy groups -OCH3 is 2. The molecule has 3 aromatic rings. The minimum Gasteiger partial charge on any atom is -0.493 e. The van der Waals surface area contributed by atoms with E-state index in [0.717, 1.165) is 21.6 Å². The van der Waals surface area contributed by atoms with Crippen LogP contribution in [0.5, 0.6) is 11.5 Å². The van der Waals surface area contributed by atoms with Gasteiger partial charge in [-0.05, 0) is 54.8 Å². The van der Waals surface area contributed by atoms with Crippen molar-refractivity contribution in [1.29, 1.82) is 0 Å². The van der Waals surface area contributed by atoms with Gasteiger partial charge in [0.15, 0.2) is 11.5 Å². The van der Waals surface area contributed by atoms with Crippen molar-refractivity contribution in [2.75, 3.05) is 14.2 Å². The summed E-state index contributed by atoms with van der Waals surface area (Å²) in [6.07, 6.45) is 3.83. The fraction of sp³-hybridized carbons (Fsp3) is 0.207. The minimum absolute atomic E-state index is 0.0168. The summed E-state index contributed by atoms with van der Waals surface area (Å²) in [4.78, 5) is 38.2. The lowest BCUT2D eigenvalue weighted by Gasteiger charge is -2.16. The van der Waals surface area contributed by atoms with Crippen LogP contribution < -0.4 is 14.8 Å². The van der Waals surface area contributed by atoms with Gasteiger partial charge in [0.25, 0.3) is 5.91 Å². The standard InChI is InChI=1S/C29H28N2O7/c1-5-7-21-13-20(15-25(35-3)26(21)37-17-19-9-6-8-18(2)12-19)14-23-27(32)31(29(34)30-23)16-22-10-11-24(38-22)28(33)36-4/h5-6,8-15H,1,7,16-17H2,2-4H3,(H,30,34)/b23-14-. The second kappa shape index (κ2) is 11.5. The van der Waals surface area contributed by atoms with E-state index in [9.17, 15) is 14.4 Å². The highest BCUT2D eigenvalue weighted by molar-refractivity contribution is 6.13. The zero-order valence-corrected chi connectivity index (χ0v) is 21.4. The number of imide groups is 1. The molecule has 1 aliphatic heterocycles. The Bertz CT molecular complexity index is 1420. The van der Waals surface area contributed by atoms with Crippen molar-refractivity contribution in [1.82, 2.24) is 10.2 Å². The monoisotopic (exact) mass is 516 g/mol. The third-order valence-corrected chi connectivity index (χ3v) is 5.84. The lowest BCUT2D eigenvalue weighted by molar-refractivity contribution is -0.123. The Balaban J connectivity index is 1.56. The number of rotatable bonds is 10. The molecule has 2 heterocycles. The van der Waals surface area contributed by atoms with Gasteiger partial charge < -0.3 is 23.9 Å². The second-order valence-corrected chi connectivity index (χ2v) is 8.62. The molecule has 0 spiro atoms. The highest BCUT2D eigenvalue weighted by Gasteiger charge is 2.34. The Labute approximate surface area is 220 Å². The van der Waals surface area contributed by atoms with Gasteiger partial charge in [0, 0.05) is 5.56 Å². The lowest BCUT2D eigenvalue weighted by Crippen LogP contribution is -2.30. The Morgan fingerprint density at radius 1 is 1.13 bits per heavy atom. The molecule has 3 amide bonds. The first kappa shape index (κ1) is 26.3. The fourth-order valence-corrected chi connectivity index (χ4v) is 4.06.